The summed E-state index contributed by atoms with van der Waals surface area (Å²) in [6.45, 7) is 3.95. The largest absolute Gasteiger partial charge is 1.00 e. The van der Waals surface area contributed by atoms with E-state index in [9.17, 15) is 36.6 Å². The van der Waals surface area contributed by atoms with Gasteiger partial charge in [-0.05, 0) is 111 Å². The van der Waals surface area contributed by atoms with Crippen LogP contribution in [0.5, 0.6) is 0 Å². The van der Waals surface area contributed by atoms with Crippen molar-refractivity contribution in [3.63, 3.8) is 0 Å². The number of hydrogen-bond donors (Lipinski definition) is 5. The maximum absolute atomic E-state index is 11.6. The zero-order valence-electron chi connectivity index (χ0n) is 26.9. The zero-order valence-corrected chi connectivity index (χ0v) is 30.5. The van der Waals surface area contributed by atoms with Gasteiger partial charge in [0.25, 0.3) is 0 Å². The van der Waals surface area contributed by atoms with Gasteiger partial charge in [-0.1, -0.05) is 24.3 Å². The van der Waals surface area contributed by atoms with Gasteiger partial charge in [0.15, 0.2) is 5.69 Å². The molecule has 0 bridgehead atoms. The van der Waals surface area contributed by atoms with E-state index in [1.807, 2.05) is 24.3 Å². The van der Waals surface area contributed by atoms with E-state index < -0.39 is 47.5 Å². The van der Waals surface area contributed by atoms with Crippen LogP contribution in [0.4, 0.5) is 0 Å². The van der Waals surface area contributed by atoms with E-state index in [-0.39, 0.29) is 35.3 Å². The SMILES string of the molecule is NS(=O)(=O)c1ccn(-c2ccc(C3CCNCC3)cc2)c1C(=O)O.NS(=O)(=O)c1ccn(-c2ccc(C3CCNCC3)cc2)c1C(=O)[O-].[Na+]. The van der Waals surface area contributed by atoms with Gasteiger partial charge in [-0.25, -0.2) is 31.9 Å². The number of nitrogens with zero attached hydrogens (tertiary/aromatic N) is 2. The Morgan fingerprint density at radius 3 is 1.33 bits per heavy atom. The Bertz CT molecular complexity index is 1850. The molecule has 2 aromatic carbocycles. The number of primary sulfonamides is 2. The quantitative estimate of drug-likeness (QED) is 0.129. The standard InChI is InChI=1S/2C16H19N3O4S.Na/c2*17-24(22,23)14-7-10-19(15(14)16(20)21)13-3-1-11(2-4-13)12-5-8-18-9-6-12;/h2*1-4,7,10,12,18H,5-6,8-9H2,(H,20,21)(H2,17,22,23);/q;;+1/p-1. The number of carboxylic acids is 2. The second-order valence-corrected chi connectivity index (χ2v) is 14.8. The number of rotatable bonds is 8. The number of nitrogens with two attached hydrogens (primary N) is 2. The molecular formula is C32H37N6NaO8S2. The molecule has 256 valence electrons. The second kappa shape index (κ2) is 16.1. The molecule has 0 atom stereocenters. The van der Waals surface area contributed by atoms with Gasteiger partial charge < -0.3 is 34.8 Å². The summed E-state index contributed by atoms with van der Waals surface area (Å²) in [7, 11) is -8.24. The predicted molar refractivity (Wildman–Crippen MR) is 175 cm³/mol. The van der Waals surface area contributed by atoms with Crippen LogP contribution in [0, 0.1) is 0 Å². The number of benzene rings is 2. The van der Waals surface area contributed by atoms with Gasteiger partial charge in [0.1, 0.15) is 9.79 Å². The third-order valence-corrected chi connectivity index (χ3v) is 10.6. The average molecular weight is 721 g/mol. The van der Waals surface area contributed by atoms with Crippen LogP contribution >= 0.6 is 0 Å². The van der Waals surface area contributed by atoms with Crippen molar-refractivity contribution in [3.05, 3.63) is 95.6 Å². The van der Waals surface area contributed by atoms with Crippen molar-refractivity contribution in [2.45, 2.75) is 47.3 Å². The minimum Gasteiger partial charge on any atom is -0.543 e. The van der Waals surface area contributed by atoms with Crippen LogP contribution in [-0.4, -0.2) is 69.2 Å². The monoisotopic (exact) mass is 720 g/mol. The molecule has 2 aromatic heterocycles. The summed E-state index contributed by atoms with van der Waals surface area (Å²) in [5, 5.41) is 37.6. The molecule has 2 aliphatic rings. The third kappa shape index (κ3) is 9.08. The van der Waals surface area contributed by atoms with E-state index in [1.54, 1.807) is 24.3 Å². The number of carbonyl (C=O) groups is 2. The second-order valence-electron chi connectivity index (χ2n) is 11.7. The summed E-state index contributed by atoms with van der Waals surface area (Å²) >= 11 is 0. The van der Waals surface area contributed by atoms with E-state index in [2.05, 4.69) is 10.6 Å². The molecule has 0 spiro atoms. The first kappa shape index (κ1) is 38.5. The van der Waals surface area contributed by atoms with Crippen molar-refractivity contribution >= 4 is 32.0 Å². The Labute approximate surface area is 306 Å². The molecule has 0 aliphatic carbocycles. The summed E-state index contributed by atoms with van der Waals surface area (Å²) in [5.41, 5.74) is 2.70. The number of piperidine rings is 2. The van der Waals surface area contributed by atoms with Crippen LogP contribution in [0.25, 0.3) is 11.4 Å². The molecule has 17 heteroatoms. The minimum absolute atomic E-state index is 0. The summed E-state index contributed by atoms with van der Waals surface area (Å²) < 4.78 is 48.8. The number of aromatic nitrogens is 2. The van der Waals surface area contributed by atoms with Gasteiger partial charge in [-0.3, -0.25) is 0 Å². The third-order valence-electron chi connectivity index (χ3n) is 8.67. The molecular weight excluding hydrogens is 684 g/mol. The number of hydrogen-bond acceptors (Lipinski definition) is 9. The van der Waals surface area contributed by atoms with Crippen molar-refractivity contribution in [1.82, 2.24) is 19.8 Å². The molecule has 0 amide bonds. The number of sulfonamides is 2. The Balaban J connectivity index is 0.000000216. The molecule has 2 aliphatic heterocycles. The maximum atomic E-state index is 11.6. The predicted octanol–water partition coefficient (Wildman–Crippen LogP) is -1.75. The van der Waals surface area contributed by atoms with E-state index in [0.717, 1.165) is 51.9 Å². The van der Waals surface area contributed by atoms with Crippen molar-refractivity contribution in [1.29, 1.82) is 0 Å². The fourth-order valence-corrected chi connectivity index (χ4v) is 7.66. The summed E-state index contributed by atoms with van der Waals surface area (Å²) in [6.07, 6.45) is 7.02. The fraction of sp³-hybridized carbons (Fsp3) is 0.312. The number of aromatic carboxylic acids is 2. The zero-order chi connectivity index (χ0) is 34.6. The van der Waals surface area contributed by atoms with Gasteiger partial charge in [0, 0.05) is 23.8 Å². The summed E-state index contributed by atoms with van der Waals surface area (Å²) in [6, 6.07) is 17.4. The molecule has 2 fully saturated rings. The van der Waals surface area contributed by atoms with Crippen molar-refractivity contribution in [2.24, 2.45) is 10.3 Å². The van der Waals surface area contributed by atoms with Crippen LogP contribution in [-0.2, 0) is 20.0 Å². The smallest absolute Gasteiger partial charge is 0.543 e. The van der Waals surface area contributed by atoms with Crippen molar-refractivity contribution in [2.75, 3.05) is 26.2 Å². The van der Waals surface area contributed by atoms with E-state index in [0.29, 0.717) is 23.2 Å². The van der Waals surface area contributed by atoms with Gasteiger partial charge in [-0.2, -0.15) is 0 Å². The molecule has 0 unspecified atom stereocenters. The Kier molecular flexibility index (Phi) is 12.7. The normalized spacial score (nSPS) is 15.9. The van der Waals surface area contributed by atoms with Crippen LogP contribution < -0.4 is 55.6 Å². The van der Waals surface area contributed by atoms with Gasteiger partial charge >= 0.3 is 35.5 Å². The first-order valence-corrected chi connectivity index (χ1v) is 18.4. The van der Waals surface area contributed by atoms with Crippen molar-refractivity contribution < 1.29 is 66.2 Å². The average Bonchev–Trinajstić information content (AvgIpc) is 3.73. The number of carbonyl (C=O) groups excluding carboxylic acids is 1. The molecule has 4 heterocycles. The molecule has 14 nitrogen and oxygen atoms in total. The van der Waals surface area contributed by atoms with Gasteiger partial charge in [0.2, 0.25) is 20.0 Å². The van der Waals surface area contributed by atoms with Crippen LogP contribution in [0.3, 0.4) is 0 Å². The van der Waals surface area contributed by atoms with Crippen LogP contribution in [0.2, 0.25) is 0 Å². The van der Waals surface area contributed by atoms with Gasteiger partial charge in [-0.15, -0.1) is 0 Å². The Morgan fingerprint density at radius 2 is 1.00 bits per heavy atom. The molecule has 0 saturated carbocycles. The first-order valence-electron chi connectivity index (χ1n) is 15.3. The number of carboxylic acid groups (broad SMARTS) is 2. The molecule has 0 radical (unpaired) electrons. The van der Waals surface area contributed by atoms with E-state index in [4.69, 9.17) is 10.3 Å². The Hall–Kier alpha value is -3.32. The molecule has 6 rings (SSSR count). The fourth-order valence-electron chi connectivity index (χ4n) is 6.25. The molecule has 49 heavy (non-hydrogen) atoms. The number of nitrogens with one attached hydrogen (secondary N) is 2. The first-order chi connectivity index (χ1) is 22.8. The van der Waals surface area contributed by atoms with Gasteiger partial charge in [0.05, 0.1) is 11.7 Å². The maximum Gasteiger partial charge on any atom is 1.00 e. The molecule has 2 saturated heterocycles. The van der Waals surface area contributed by atoms with Crippen molar-refractivity contribution in [3.8, 4) is 11.4 Å². The molecule has 4 aromatic rings. The Morgan fingerprint density at radius 1 is 0.653 bits per heavy atom. The topological polar surface area (TPSA) is 232 Å². The summed E-state index contributed by atoms with van der Waals surface area (Å²) in [4.78, 5) is 22.0. The van der Waals surface area contributed by atoms with Crippen LogP contribution in [0.1, 0.15) is 69.6 Å². The minimum atomic E-state index is -4.14. The summed E-state index contributed by atoms with van der Waals surface area (Å²) in [5.74, 6) is -1.97. The molecule has 7 N–H and O–H groups in total. The van der Waals surface area contributed by atoms with E-state index in [1.165, 1.54) is 44.8 Å². The van der Waals surface area contributed by atoms with Crippen LogP contribution in [0.15, 0.2) is 82.8 Å². The van der Waals surface area contributed by atoms with E-state index >= 15 is 0 Å².